The van der Waals surface area contributed by atoms with Crippen molar-refractivity contribution in [3.8, 4) is 10.6 Å². The van der Waals surface area contributed by atoms with E-state index in [-0.39, 0.29) is 0 Å². The van der Waals surface area contributed by atoms with Crippen molar-refractivity contribution in [2.75, 3.05) is 30.3 Å². The Bertz CT molecular complexity index is 1150. The molecule has 0 bridgehead atoms. The zero-order valence-electron chi connectivity index (χ0n) is 18.6. The first-order chi connectivity index (χ1) is 15.7. The number of hydrogen-bond donors (Lipinski definition) is 2. The summed E-state index contributed by atoms with van der Waals surface area (Å²) in [5.41, 5.74) is 5.01. The van der Waals surface area contributed by atoms with Gasteiger partial charge in [0.15, 0.2) is 0 Å². The third-order valence-corrected chi connectivity index (χ3v) is 8.18. The Morgan fingerprint density at radius 1 is 1.06 bits per heavy atom. The Morgan fingerprint density at radius 2 is 1.94 bits per heavy atom. The van der Waals surface area contributed by atoms with Crippen molar-refractivity contribution in [1.82, 2.24) is 14.9 Å². The highest BCUT2D eigenvalue weighted by molar-refractivity contribution is 7.22. The van der Waals surface area contributed by atoms with E-state index in [1.165, 1.54) is 25.7 Å². The molecule has 0 amide bonds. The fourth-order valence-electron chi connectivity index (χ4n) is 4.18. The van der Waals surface area contributed by atoms with Crippen molar-refractivity contribution in [2.45, 2.75) is 39.3 Å². The van der Waals surface area contributed by atoms with E-state index in [2.05, 4.69) is 64.7 Å². The number of benzene rings is 1. The molecule has 0 saturated heterocycles. The lowest BCUT2D eigenvalue weighted by Gasteiger charge is -2.30. The Balaban J connectivity index is 1.36. The first-order valence-electron chi connectivity index (χ1n) is 11.3. The summed E-state index contributed by atoms with van der Waals surface area (Å²) in [5, 5.41) is 9.63. The van der Waals surface area contributed by atoms with Crippen LogP contribution in [-0.4, -0.2) is 40.5 Å². The Kier molecular flexibility index (Phi) is 6.39. The molecule has 1 aliphatic heterocycles. The summed E-state index contributed by atoms with van der Waals surface area (Å²) < 4.78 is 1.26. The summed E-state index contributed by atoms with van der Waals surface area (Å²) in [6, 6.07) is 13.1. The van der Waals surface area contributed by atoms with Crippen LogP contribution < -0.4 is 10.6 Å². The Labute approximate surface area is 197 Å². The molecule has 4 aromatic rings. The highest BCUT2D eigenvalue weighted by atomic mass is 32.1. The van der Waals surface area contributed by atoms with Gasteiger partial charge in [-0.15, -0.1) is 22.7 Å². The first kappa shape index (κ1) is 21.4. The molecule has 5 rings (SSSR count). The smallest absolute Gasteiger partial charge is 0.127 e. The predicted octanol–water partition coefficient (Wildman–Crippen LogP) is 6.10. The highest BCUT2D eigenvalue weighted by Gasteiger charge is 2.27. The standard InChI is InChI=1S/C25H29N5S2/c1-17(2)30-14-10-19-22(16-30)32-24(28-13-6-12-27-18-7-5-11-26-15-18)23(19)25-29-20-8-3-4-9-21(20)31-25/h3-5,7-9,11,15,17,27-28H,6,10,12-14,16H2,1-2H3. The van der Waals surface area contributed by atoms with Gasteiger partial charge in [0.2, 0.25) is 0 Å². The molecule has 0 aliphatic carbocycles. The number of fused-ring (bicyclic) bond motifs is 2. The van der Waals surface area contributed by atoms with Crippen LogP contribution in [0.3, 0.4) is 0 Å². The summed E-state index contributed by atoms with van der Waals surface area (Å²) in [5.74, 6) is 0. The Morgan fingerprint density at radius 3 is 2.75 bits per heavy atom. The summed E-state index contributed by atoms with van der Waals surface area (Å²) in [6.45, 7) is 8.59. The number of nitrogens with one attached hydrogen (secondary N) is 2. The topological polar surface area (TPSA) is 53.1 Å². The van der Waals surface area contributed by atoms with Gasteiger partial charge < -0.3 is 10.6 Å². The first-order valence-corrected chi connectivity index (χ1v) is 12.9. The van der Waals surface area contributed by atoms with Gasteiger partial charge in [-0.05, 0) is 56.5 Å². The molecule has 4 heterocycles. The van der Waals surface area contributed by atoms with E-state index < -0.39 is 0 Å². The second-order valence-corrected chi connectivity index (χ2v) is 10.6. The summed E-state index contributed by atoms with van der Waals surface area (Å²) in [6.07, 6.45) is 5.80. The van der Waals surface area contributed by atoms with Crippen molar-refractivity contribution in [2.24, 2.45) is 0 Å². The number of anilines is 2. The van der Waals surface area contributed by atoms with Gasteiger partial charge in [-0.25, -0.2) is 4.98 Å². The molecule has 0 atom stereocenters. The third kappa shape index (κ3) is 4.51. The minimum atomic E-state index is 0.575. The lowest BCUT2D eigenvalue weighted by atomic mass is 10.0. The number of pyridine rings is 1. The van der Waals surface area contributed by atoms with Crippen LogP contribution in [0.15, 0.2) is 48.8 Å². The van der Waals surface area contributed by atoms with E-state index in [1.807, 2.05) is 34.9 Å². The SMILES string of the molecule is CC(C)N1CCc2c(sc(NCCCNc3cccnc3)c2-c2nc3ccccc3s2)C1. The van der Waals surface area contributed by atoms with Crippen LogP contribution in [0.1, 0.15) is 30.7 Å². The molecule has 166 valence electrons. The molecule has 1 aromatic carbocycles. The highest BCUT2D eigenvalue weighted by Crippen LogP contribution is 2.45. The molecule has 3 aromatic heterocycles. The number of nitrogens with zero attached hydrogens (tertiary/aromatic N) is 3. The normalized spacial score (nSPS) is 14.1. The number of para-hydroxylation sites is 1. The van der Waals surface area contributed by atoms with Crippen LogP contribution in [-0.2, 0) is 13.0 Å². The minimum Gasteiger partial charge on any atom is -0.384 e. The second kappa shape index (κ2) is 9.57. The number of hydrogen-bond acceptors (Lipinski definition) is 7. The van der Waals surface area contributed by atoms with Crippen molar-refractivity contribution in [1.29, 1.82) is 0 Å². The van der Waals surface area contributed by atoms with Crippen molar-refractivity contribution >= 4 is 43.6 Å². The van der Waals surface area contributed by atoms with Crippen LogP contribution in [0.25, 0.3) is 20.8 Å². The van der Waals surface area contributed by atoms with Gasteiger partial charge in [-0.1, -0.05) is 12.1 Å². The molecule has 0 unspecified atom stereocenters. The molecule has 5 nitrogen and oxygen atoms in total. The Hall–Kier alpha value is -2.48. The summed E-state index contributed by atoms with van der Waals surface area (Å²) in [7, 11) is 0. The molecule has 0 radical (unpaired) electrons. The van der Waals surface area contributed by atoms with Gasteiger partial charge in [0, 0.05) is 55.1 Å². The molecular formula is C25H29N5S2. The quantitative estimate of drug-likeness (QED) is 0.309. The predicted molar refractivity (Wildman–Crippen MR) is 138 cm³/mol. The maximum atomic E-state index is 5.01. The van der Waals surface area contributed by atoms with E-state index in [0.29, 0.717) is 6.04 Å². The lowest BCUT2D eigenvalue weighted by Crippen LogP contribution is -2.35. The maximum Gasteiger partial charge on any atom is 0.127 e. The summed E-state index contributed by atoms with van der Waals surface area (Å²) >= 11 is 3.74. The van der Waals surface area contributed by atoms with Crippen LogP contribution in [0.2, 0.25) is 0 Å². The van der Waals surface area contributed by atoms with Crippen molar-refractivity contribution in [3.63, 3.8) is 0 Å². The van der Waals surface area contributed by atoms with Crippen LogP contribution in [0.4, 0.5) is 10.7 Å². The average Bonchev–Trinajstić information content (AvgIpc) is 3.39. The number of aromatic nitrogens is 2. The number of thiazole rings is 1. The second-order valence-electron chi connectivity index (χ2n) is 8.46. The van der Waals surface area contributed by atoms with E-state index in [1.54, 1.807) is 6.20 Å². The molecule has 7 heteroatoms. The molecule has 32 heavy (non-hydrogen) atoms. The lowest BCUT2D eigenvalue weighted by molar-refractivity contribution is 0.206. The molecule has 0 saturated carbocycles. The number of thiophene rings is 1. The molecule has 0 spiro atoms. The molecular weight excluding hydrogens is 434 g/mol. The summed E-state index contributed by atoms with van der Waals surface area (Å²) in [4.78, 5) is 13.2. The zero-order chi connectivity index (χ0) is 21.9. The molecule has 1 aliphatic rings. The van der Waals surface area contributed by atoms with E-state index >= 15 is 0 Å². The zero-order valence-corrected chi connectivity index (χ0v) is 20.2. The van der Waals surface area contributed by atoms with Crippen LogP contribution >= 0.6 is 22.7 Å². The largest absolute Gasteiger partial charge is 0.384 e. The third-order valence-electron chi connectivity index (χ3n) is 5.95. The van der Waals surface area contributed by atoms with Gasteiger partial charge in [0.25, 0.3) is 0 Å². The molecule has 2 N–H and O–H groups in total. The number of rotatable bonds is 8. The minimum absolute atomic E-state index is 0.575. The average molecular weight is 464 g/mol. The van der Waals surface area contributed by atoms with Crippen LogP contribution in [0.5, 0.6) is 0 Å². The maximum absolute atomic E-state index is 5.01. The van der Waals surface area contributed by atoms with Crippen LogP contribution in [0, 0.1) is 0 Å². The van der Waals surface area contributed by atoms with Gasteiger partial charge in [0.05, 0.1) is 20.9 Å². The fourth-order valence-corrected chi connectivity index (χ4v) is 6.59. The fraction of sp³-hybridized carbons (Fsp3) is 0.360. The molecule has 0 fully saturated rings. The van der Waals surface area contributed by atoms with E-state index in [9.17, 15) is 0 Å². The van der Waals surface area contributed by atoms with E-state index in [0.717, 1.165) is 55.2 Å². The van der Waals surface area contributed by atoms with E-state index in [4.69, 9.17) is 4.98 Å². The van der Waals surface area contributed by atoms with Gasteiger partial charge >= 0.3 is 0 Å². The van der Waals surface area contributed by atoms with Crippen molar-refractivity contribution in [3.05, 3.63) is 59.2 Å². The monoisotopic (exact) mass is 463 g/mol. The van der Waals surface area contributed by atoms with Gasteiger partial charge in [-0.2, -0.15) is 0 Å². The van der Waals surface area contributed by atoms with Gasteiger partial charge in [-0.3, -0.25) is 9.88 Å². The van der Waals surface area contributed by atoms with Crippen molar-refractivity contribution < 1.29 is 0 Å². The van der Waals surface area contributed by atoms with Gasteiger partial charge in [0.1, 0.15) is 5.01 Å².